The number of amides is 2. The van der Waals surface area contributed by atoms with Crippen molar-refractivity contribution in [1.29, 1.82) is 0 Å². The highest BCUT2D eigenvalue weighted by molar-refractivity contribution is 7.99. The average molecular weight is 372 g/mol. The summed E-state index contributed by atoms with van der Waals surface area (Å²) in [6, 6.07) is 14.6. The molecule has 0 atom stereocenters. The summed E-state index contributed by atoms with van der Waals surface area (Å²) in [5, 5.41) is 6.05. The number of hydrogen-bond acceptors (Lipinski definition) is 4. The standard InChI is InChI=1S/C17H16N4O2S2/c22-15-8-9-25-14-7-6-11(10-13(14)19-15)16(23)20-21-17(24)18-12-4-2-1-3-5-12/h1-7,10H,8-9H2,(H,19,22)(H,20,23)(H2,18,21,24). The number of carbonyl (C=O) groups is 2. The van der Waals surface area contributed by atoms with Crippen LogP contribution in [0.3, 0.4) is 0 Å². The Morgan fingerprint density at radius 1 is 1.12 bits per heavy atom. The summed E-state index contributed by atoms with van der Waals surface area (Å²) in [6.07, 6.45) is 0.460. The molecule has 8 heteroatoms. The third-order valence-corrected chi connectivity index (χ3v) is 4.70. The normalized spacial score (nSPS) is 13.0. The number of thiocarbonyl (C=S) groups is 1. The summed E-state index contributed by atoms with van der Waals surface area (Å²) in [5.41, 5.74) is 7.10. The maximum Gasteiger partial charge on any atom is 0.269 e. The molecule has 0 spiro atoms. The van der Waals surface area contributed by atoms with Crippen molar-refractivity contribution in [2.75, 3.05) is 16.4 Å². The smallest absolute Gasteiger partial charge is 0.269 e. The Kier molecular flexibility index (Phi) is 5.52. The molecule has 2 aromatic carbocycles. The molecular weight excluding hydrogens is 356 g/mol. The van der Waals surface area contributed by atoms with E-state index in [0.29, 0.717) is 17.7 Å². The Bertz CT molecular complexity index is 812. The first kappa shape index (κ1) is 17.2. The van der Waals surface area contributed by atoms with Gasteiger partial charge in [-0.3, -0.25) is 20.4 Å². The lowest BCUT2D eigenvalue weighted by Crippen LogP contribution is -2.43. The van der Waals surface area contributed by atoms with Gasteiger partial charge in [0.25, 0.3) is 5.91 Å². The van der Waals surface area contributed by atoms with E-state index in [4.69, 9.17) is 12.2 Å². The van der Waals surface area contributed by atoms with E-state index < -0.39 is 0 Å². The van der Waals surface area contributed by atoms with Crippen LogP contribution in [0.2, 0.25) is 0 Å². The highest BCUT2D eigenvalue weighted by Crippen LogP contribution is 2.31. The molecule has 0 saturated carbocycles. The summed E-state index contributed by atoms with van der Waals surface area (Å²) in [4.78, 5) is 24.9. The Hall–Kier alpha value is -2.58. The quantitative estimate of drug-likeness (QED) is 0.479. The molecule has 128 valence electrons. The molecule has 0 aliphatic carbocycles. The Morgan fingerprint density at radius 2 is 1.92 bits per heavy atom. The highest BCUT2D eigenvalue weighted by atomic mass is 32.2. The SMILES string of the molecule is O=C1CCSc2ccc(C(=O)NNC(=S)Nc3ccccc3)cc2N1. The minimum absolute atomic E-state index is 0.0461. The monoisotopic (exact) mass is 372 g/mol. The first-order valence-electron chi connectivity index (χ1n) is 7.61. The third kappa shape index (κ3) is 4.71. The third-order valence-electron chi connectivity index (χ3n) is 3.42. The van der Waals surface area contributed by atoms with E-state index in [9.17, 15) is 9.59 Å². The molecule has 3 rings (SSSR count). The predicted octanol–water partition coefficient (Wildman–Crippen LogP) is 2.75. The van der Waals surface area contributed by atoms with Crippen molar-refractivity contribution in [2.24, 2.45) is 0 Å². The van der Waals surface area contributed by atoms with Gasteiger partial charge >= 0.3 is 0 Å². The van der Waals surface area contributed by atoms with Gasteiger partial charge in [-0.2, -0.15) is 0 Å². The summed E-state index contributed by atoms with van der Waals surface area (Å²) in [6.45, 7) is 0. The van der Waals surface area contributed by atoms with E-state index in [1.165, 1.54) is 0 Å². The number of anilines is 2. The zero-order chi connectivity index (χ0) is 17.6. The van der Waals surface area contributed by atoms with Crippen LogP contribution >= 0.6 is 24.0 Å². The summed E-state index contributed by atoms with van der Waals surface area (Å²) >= 11 is 6.73. The van der Waals surface area contributed by atoms with Crippen molar-refractivity contribution in [3.05, 3.63) is 54.1 Å². The summed E-state index contributed by atoms with van der Waals surface area (Å²) < 4.78 is 0. The lowest BCUT2D eigenvalue weighted by Gasteiger charge is -2.13. The van der Waals surface area contributed by atoms with Gasteiger partial charge in [0, 0.05) is 28.3 Å². The molecule has 2 amide bonds. The van der Waals surface area contributed by atoms with Gasteiger partial charge in [-0.15, -0.1) is 11.8 Å². The zero-order valence-electron chi connectivity index (χ0n) is 13.2. The summed E-state index contributed by atoms with van der Waals surface area (Å²) in [5.74, 6) is 0.337. The Labute approximate surface area is 154 Å². The number of para-hydroxylation sites is 1. The molecule has 0 fully saturated rings. The van der Waals surface area contributed by atoms with Crippen molar-refractivity contribution in [3.8, 4) is 0 Å². The maximum atomic E-state index is 12.3. The fourth-order valence-corrected chi connectivity index (χ4v) is 3.34. The second-order valence-electron chi connectivity index (χ2n) is 5.26. The van der Waals surface area contributed by atoms with Crippen molar-refractivity contribution < 1.29 is 9.59 Å². The largest absolute Gasteiger partial charge is 0.331 e. The molecule has 0 aromatic heterocycles. The van der Waals surface area contributed by atoms with Crippen LogP contribution in [-0.4, -0.2) is 22.7 Å². The van der Waals surface area contributed by atoms with E-state index in [2.05, 4.69) is 21.5 Å². The second kappa shape index (κ2) is 8.00. The fourth-order valence-electron chi connectivity index (χ4n) is 2.23. The lowest BCUT2D eigenvalue weighted by molar-refractivity contribution is -0.115. The number of hydrogen-bond donors (Lipinski definition) is 4. The van der Waals surface area contributed by atoms with E-state index in [1.54, 1.807) is 23.9 Å². The Balaban J connectivity index is 1.60. The van der Waals surface area contributed by atoms with Gasteiger partial charge in [-0.05, 0) is 42.5 Å². The van der Waals surface area contributed by atoms with Crippen molar-refractivity contribution in [1.82, 2.24) is 10.9 Å². The molecule has 0 radical (unpaired) electrons. The van der Waals surface area contributed by atoms with Gasteiger partial charge in [0.2, 0.25) is 5.91 Å². The number of thioether (sulfide) groups is 1. The fraction of sp³-hybridized carbons (Fsp3) is 0.118. The van der Waals surface area contributed by atoms with Crippen LogP contribution in [0.5, 0.6) is 0 Å². The van der Waals surface area contributed by atoms with Crippen LogP contribution < -0.4 is 21.5 Å². The minimum atomic E-state index is -0.344. The molecule has 25 heavy (non-hydrogen) atoms. The molecule has 0 bridgehead atoms. The van der Waals surface area contributed by atoms with Gasteiger partial charge < -0.3 is 10.6 Å². The van der Waals surface area contributed by atoms with Gasteiger partial charge in [0.15, 0.2) is 5.11 Å². The number of fused-ring (bicyclic) bond motifs is 1. The van der Waals surface area contributed by atoms with Crippen molar-refractivity contribution in [3.63, 3.8) is 0 Å². The molecule has 1 aliphatic rings. The molecule has 0 saturated heterocycles. The van der Waals surface area contributed by atoms with E-state index in [0.717, 1.165) is 16.3 Å². The van der Waals surface area contributed by atoms with Crippen LogP contribution in [0.1, 0.15) is 16.8 Å². The van der Waals surface area contributed by atoms with Gasteiger partial charge in [-0.25, -0.2) is 0 Å². The molecular formula is C17H16N4O2S2. The number of nitrogens with one attached hydrogen (secondary N) is 4. The first-order chi connectivity index (χ1) is 12.1. The number of carbonyl (C=O) groups excluding carboxylic acids is 2. The van der Waals surface area contributed by atoms with Crippen LogP contribution in [0, 0.1) is 0 Å². The number of rotatable bonds is 2. The lowest BCUT2D eigenvalue weighted by atomic mass is 10.2. The van der Waals surface area contributed by atoms with Crippen molar-refractivity contribution in [2.45, 2.75) is 11.3 Å². The van der Waals surface area contributed by atoms with Crippen LogP contribution in [0.25, 0.3) is 0 Å². The maximum absolute atomic E-state index is 12.3. The van der Waals surface area contributed by atoms with E-state index >= 15 is 0 Å². The van der Waals surface area contributed by atoms with Crippen LogP contribution in [0.4, 0.5) is 11.4 Å². The average Bonchev–Trinajstić information content (AvgIpc) is 2.80. The minimum Gasteiger partial charge on any atom is -0.331 e. The predicted molar refractivity (Wildman–Crippen MR) is 104 cm³/mol. The van der Waals surface area contributed by atoms with Crippen LogP contribution in [-0.2, 0) is 4.79 Å². The first-order valence-corrected chi connectivity index (χ1v) is 9.00. The number of benzene rings is 2. The number of hydrazine groups is 1. The zero-order valence-corrected chi connectivity index (χ0v) is 14.8. The van der Waals surface area contributed by atoms with E-state index in [1.807, 2.05) is 36.4 Å². The molecule has 2 aromatic rings. The van der Waals surface area contributed by atoms with Crippen LogP contribution in [0.15, 0.2) is 53.4 Å². The Morgan fingerprint density at radius 3 is 2.72 bits per heavy atom. The highest BCUT2D eigenvalue weighted by Gasteiger charge is 2.15. The molecule has 1 heterocycles. The second-order valence-corrected chi connectivity index (χ2v) is 6.80. The van der Waals surface area contributed by atoms with Gasteiger partial charge in [0.05, 0.1) is 5.69 Å². The topological polar surface area (TPSA) is 82.3 Å². The molecule has 1 aliphatic heterocycles. The van der Waals surface area contributed by atoms with Crippen molar-refractivity contribution >= 4 is 52.3 Å². The summed E-state index contributed by atoms with van der Waals surface area (Å²) in [7, 11) is 0. The van der Waals surface area contributed by atoms with E-state index in [-0.39, 0.29) is 16.9 Å². The molecule has 6 nitrogen and oxygen atoms in total. The van der Waals surface area contributed by atoms with Gasteiger partial charge in [0.1, 0.15) is 0 Å². The molecule has 0 unspecified atom stereocenters. The molecule has 4 N–H and O–H groups in total. The van der Waals surface area contributed by atoms with Gasteiger partial charge in [-0.1, -0.05) is 18.2 Å².